The van der Waals surface area contributed by atoms with Gasteiger partial charge in [-0.15, -0.1) is 0 Å². The highest BCUT2D eigenvalue weighted by molar-refractivity contribution is 14.1. The smallest absolute Gasteiger partial charge is 0.135 e. The molecule has 1 aromatic heterocycles. The molecule has 0 amide bonds. The van der Waals surface area contributed by atoms with Crippen molar-refractivity contribution < 1.29 is 9.84 Å². The van der Waals surface area contributed by atoms with Crippen LogP contribution < -0.4 is 4.74 Å². The van der Waals surface area contributed by atoms with Crippen molar-refractivity contribution in [2.45, 2.75) is 56.8 Å². The summed E-state index contributed by atoms with van der Waals surface area (Å²) < 4.78 is 9.19. The van der Waals surface area contributed by atoms with Crippen LogP contribution in [0, 0.1) is 3.57 Å². The summed E-state index contributed by atoms with van der Waals surface area (Å²) in [6.45, 7) is 0. The Morgan fingerprint density at radius 3 is 2.62 bits per heavy atom. The first kappa shape index (κ1) is 13.8. The van der Waals surface area contributed by atoms with E-state index >= 15 is 0 Å². The van der Waals surface area contributed by atoms with Gasteiger partial charge in [0.05, 0.1) is 27.3 Å². The van der Waals surface area contributed by atoms with Crippen molar-refractivity contribution in [2.24, 2.45) is 0 Å². The fourth-order valence-corrected chi connectivity index (χ4v) is 3.63. The number of benzene rings is 1. The Bertz CT molecular complexity index is 658. The molecule has 0 unspecified atom stereocenters. The maximum absolute atomic E-state index is 9.63. The first-order chi connectivity index (χ1) is 10.2. The lowest BCUT2D eigenvalue weighted by molar-refractivity contribution is 0.108. The first-order valence-corrected chi connectivity index (χ1v) is 8.80. The van der Waals surface area contributed by atoms with E-state index in [9.17, 15) is 5.11 Å². The van der Waals surface area contributed by atoms with E-state index in [2.05, 4.69) is 45.6 Å². The number of halogens is 1. The Hall–Kier alpha value is -0.820. The number of ether oxygens (including phenoxy) is 1. The van der Waals surface area contributed by atoms with E-state index in [1.54, 1.807) is 0 Å². The molecule has 112 valence electrons. The molecule has 0 bridgehead atoms. The first-order valence-electron chi connectivity index (χ1n) is 7.72. The minimum atomic E-state index is -0.120. The number of fused-ring (bicyclic) bond motifs is 1. The average Bonchev–Trinajstić information content (AvgIpc) is 3.19. The number of hydrogen-bond donors (Lipinski definition) is 1. The van der Waals surface area contributed by atoms with Crippen LogP contribution in [0.1, 0.15) is 44.6 Å². The normalized spacial score (nSPS) is 26.2. The van der Waals surface area contributed by atoms with Crippen LogP contribution in [0.4, 0.5) is 0 Å². The van der Waals surface area contributed by atoms with Gasteiger partial charge < -0.3 is 9.84 Å². The van der Waals surface area contributed by atoms with Crippen LogP contribution in [0.15, 0.2) is 18.3 Å². The third kappa shape index (κ3) is 2.90. The standard InChI is InChI=1S/C16H19IN2O2/c17-14-7-10-9-19(11-1-3-12(20)4-2-11)18-15(10)8-16(14)21-13-5-6-13/h7-9,11-13,20H,1-6H2. The summed E-state index contributed by atoms with van der Waals surface area (Å²) in [6.07, 6.45) is 8.57. The molecule has 5 heteroatoms. The zero-order chi connectivity index (χ0) is 14.4. The lowest BCUT2D eigenvalue weighted by Crippen LogP contribution is -2.21. The predicted molar refractivity (Wildman–Crippen MR) is 89.6 cm³/mol. The Balaban J connectivity index is 1.62. The Morgan fingerprint density at radius 1 is 1.14 bits per heavy atom. The average molecular weight is 398 g/mol. The van der Waals surface area contributed by atoms with Crippen molar-refractivity contribution in [1.82, 2.24) is 9.78 Å². The number of aliphatic hydroxyl groups excluding tert-OH is 1. The quantitative estimate of drug-likeness (QED) is 0.803. The predicted octanol–water partition coefficient (Wildman–Crippen LogP) is 3.66. The molecule has 2 aromatic rings. The van der Waals surface area contributed by atoms with Crippen molar-refractivity contribution in [3.8, 4) is 5.75 Å². The monoisotopic (exact) mass is 398 g/mol. The Labute approximate surface area is 137 Å². The topological polar surface area (TPSA) is 47.3 Å². The minimum absolute atomic E-state index is 0.120. The van der Waals surface area contributed by atoms with E-state index in [1.807, 2.05) is 0 Å². The fourth-order valence-electron chi connectivity index (χ4n) is 3.01. The highest BCUT2D eigenvalue weighted by Crippen LogP contribution is 2.34. The molecule has 1 aromatic carbocycles. The van der Waals surface area contributed by atoms with Gasteiger partial charge in [0.2, 0.25) is 0 Å². The van der Waals surface area contributed by atoms with E-state index < -0.39 is 0 Å². The molecule has 0 aliphatic heterocycles. The van der Waals surface area contributed by atoms with Crippen LogP contribution in [0.5, 0.6) is 5.75 Å². The molecule has 0 atom stereocenters. The fraction of sp³-hybridized carbons (Fsp3) is 0.562. The molecule has 21 heavy (non-hydrogen) atoms. The SMILES string of the molecule is OC1CCC(n2cc3cc(I)c(OC4CC4)cc3n2)CC1. The molecule has 2 aliphatic carbocycles. The van der Waals surface area contributed by atoms with Gasteiger partial charge in [-0.05, 0) is 67.2 Å². The molecule has 0 saturated heterocycles. The molecule has 1 heterocycles. The van der Waals surface area contributed by atoms with Crippen LogP contribution in [-0.4, -0.2) is 27.1 Å². The molecule has 2 fully saturated rings. The highest BCUT2D eigenvalue weighted by atomic mass is 127. The van der Waals surface area contributed by atoms with Crippen molar-refractivity contribution in [3.63, 3.8) is 0 Å². The molecule has 0 radical (unpaired) electrons. The molecule has 0 spiro atoms. The summed E-state index contributed by atoms with van der Waals surface area (Å²) in [7, 11) is 0. The second kappa shape index (κ2) is 5.43. The number of aliphatic hydroxyl groups is 1. The molecular weight excluding hydrogens is 379 g/mol. The zero-order valence-corrected chi connectivity index (χ0v) is 14.0. The highest BCUT2D eigenvalue weighted by Gasteiger charge is 2.25. The van der Waals surface area contributed by atoms with Gasteiger partial charge in [-0.1, -0.05) is 0 Å². The molecule has 1 N–H and O–H groups in total. The molecule has 2 aliphatic rings. The minimum Gasteiger partial charge on any atom is -0.489 e. The maximum atomic E-state index is 9.63. The summed E-state index contributed by atoms with van der Waals surface area (Å²) in [4.78, 5) is 0. The van der Waals surface area contributed by atoms with Crippen molar-refractivity contribution in [1.29, 1.82) is 0 Å². The van der Waals surface area contributed by atoms with E-state index in [1.165, 1.54) is 18.2 Å². The molecular formula is C16H19IN2O2. The van der Waals surface area contributed by atoms with Crippen LogP contribution in [0.2, 0.25) is 0 Å². The number of nitrogens with zero attached hydrogens (tertiary/aromatic N) is 2. The van der Waals surface area contributed by atoms with E-state index in [0.717, 1.165) is 40.5 Å². The second-order valence-corrected chi connectivity index (χ2v) is 7.39. The van der Waals surface area contributed by atoms with Crippen molar-refractivity contribution in [3.05, 3.63) is 21.9 Å². The number of rotatable bonds is 3. The summed E-state index contributed by atoms with van der Waals surface area (Å²) in [5.41, 5.74) is 1.01. The zero-order valence-electron chi connectivity index (χ0n) is 11.8. The van der Waals surface area contributed by atoms with Gasteiger partial charge in [0.1, 0.15) is 5.75 Å². The van der Waals surface area contributed by atoms with Crippen LogP contribution in [0.25, 0.3) is 10.9 Å². The summed E-state index contributed by atoms with van der Waals surface area (Å²) in [6, 6.07) is 4.66. The van der Waals surface area contributed by atoms with Gasteiger partial charge in [-0.25, -0.2) is 0 Å². The van der Waals surface area contributed by atoms with Gasteiger partial charge in [-0.2, -0.15) is 5.10 Å². The van der Waals surface area contributed by atoms with E-state index in [0.29, 0.717) is 12.1 Å². The molecule has 4 rings (SSSR count). The van der Waals surface area contributed by atoms with Crippen LogP contribution in [-0.2, 0) is 0 Å². The molecule has 4 nitrogen and oxygen atoms in total. The van der Waals surface area contributed by atoms with Crippen LogP contribution in [0.3, 0.4) is 0 Å². The van der Waals surface area contributed by atoms with E-state index in [4.69, 9.17) is 9.84 Å². The third-order valence-corrected chi connectivity index (χ3v) is 5.28. The maximum Gasteiger partial charge on any atom is 0.135 e. The van der Waals surface area contributed by atoms with Crippen molar-refractivity contribution >= 4 is 33.5 Å². The van der Waals surface area contributed by atoms with Gasteiger partial charge in [0.15, 0.2) is 0 Å². The van der Waals surface area contributed by atoms with Gasteiger partial charge in [-0.3, -0.25) is 4.68 Å². The third-order valence-electron chi connectivity index (χ3n) is 4.43. The van der Waals surface area contributed by atoms with Crippen LogP contribution >= 0.6 is 22.6 Å². The largest absolute Gasteiger partial charge is 0.489 e. The molecule has 2 saturated carbocycles. The second-order valence-electron chi connectivity index (χ2n) is 6.23. The Kier molecular flexibility index (Phi) is 3.57. The van der Waals surface area contributed by atoms with Crippen molar-refractivity contribution in [2.75, 3.05) is 0 Å². The summed E-state index contributed by atoms with van der Waals surface area (Å²) in [5, 5.41) is 15.5. The number of aromatic nitrogens is 2. The number of hydrogen-bond acceptors (Lipinski definition) is 3. The van der Waals surface area contributed by atoms with E-state index in [-0.39, 0.29) is 6.10 Å². The lowest BCUT2D eigenvalue weighted by atomic mass is 9.93. The van der Waals surface area contributed by atoms with Gasteiger partial charge >= 0.3 is 0 Å². The summed E-state index contributed by atoms with van der Waals surface area (Å²) in [5.74, 6) is 0.968. The Morgan fingerprint density at radius 2 is 1.90 bits per heavy atom. The lowest BCUT2D eigenvalue weighted by Gasteiger charge is -2.25. The van der Waals surface area contributed by atoms with Gasteiger partial charge in [0.25, 0.3) is 0 Å². The van der Waals surface area contributed by atoms with Gasteiger partial charge in [0, 0.05) is 17.6 Å². The summed E-state index contributed by atoms with van der Waals surface area (Å²) >= 11 is 2.34.